The van der Waals surface area contributed by atoms with Crippen LogP contribution in [0.4, 0.5) is 0 Å². The number of aryl methyl sites for hydroxylation is 2. The van der Waals surface area contributed by atoms with E-state index in [4.69, 9.17) is 13.9 Å². The van der Waals surface area contributed by atoms with Crippen molar-refractivity contribution < 1.29 is 23.5 Å². The summed E-state index contributed by atoms with van der Waals surface area (Å²) < 4.78 is 16.6. The van der Waals surface area contributed by atoms with E-state index in [2.05, 4.69) is 9.88 Å². The van der Waals surface area contributed by atoms with Crippen molar-refractivity contribution in [2.75, 3.05) is 46.0 Å². The number of hydrogen-bond donors (Lipinski definition) is 0. The number of ether oxygens (including phenoxy) is 2. The minimum atomic E-state index is -0.629. The van der Waals surface area contributed by atoms with E-state index in [0.29, 0.717) is 37.3 Å². The van der Waals surface area contributed by atoms with Crippen LogP contribution in [0.5, 0.6) is 0 Å². The lowest BCUT2D eigenvalue weighted by Crippen LogP contribution is -2.59. The number of likely N-dealkylation sites (tertiary alicyclic amines) is 1. The lowest BCUT2D eigenvalue weighted by molar-refractivity contribution is -0.168. The van der Waals surface area contributed by atoms with Gasteiger partial charge in [-0.1, -0.05) is 0 Å². The number of oxazole rings is 1. The molecule has 166 valence electrons. The Labute approximate surface area is 177 Å². The number of hydrogen-bond acceptors (Lipinski definition) is 7. The molecule has 0 radical (unpaired) electrons. The van der Waals surface area contributed by atoms with Gasteiger partial charge in [-0.2, -0.15) is 0 Å². The summed E-state index contributed by atoms with van der Waals surface area (Å²) in [6, 6.07) is 0.475. The van der Waals surface area contributed by atoms with E-state index in [-0.39, 0.29) is 23.6 Å². The standard InChI is InChI=1S/C22H33N3O5/c1-4-29-21(27)22-7-5-18(24-9-11-28-12-10-24)13-17(22)6-8-25(14-22)20(26)19-15(2)23-16(3)30-19/h17-18H,4-14H2,1-3H3/t17-,18-,22-/m1/s1. The molecule has 3 aliphatic rings. The van der Waals surface area contributed by atoms with E-state index in [1.807, 2.05) is 6.92 Å². The number of amides is 1. The molecule has 0 spiro atoms. The summed E-state index contributed by atoms with van der Waals surface area (Å²) in [4.78, 5) is 34.9. The van der Waals surface area contributed by atoms with E-state index in [9.17, 15) is 9.59 Å². The first-order valence-corrected chi connectivity index (χ1v) is 11.2. The Morgan fingerprint density at radius 2 is 1.97 bits per heavy atom. The van der Waals surface area contributed by atoms with Crippen LogP contribution in [0.25, 0.3) is 0 Å². The van der Waals surface area contributed by atoms with Crippen molar-refractivity contribution in [2.24, 2.45) is 11.3 Å². The second kappa shape index (κ2) is 8.67. The zero-order valence-corrected chi connectivity index (χ0v) is 18.3. The van der Waals surface area contributed by atoms with Crippen LogP contribution in [0, 0.1) is 25.2 Å². The molecular weight excluding hydrogens is 386 g/mol. The lowest BCUT2D eigenvalue weighted by atomic mass is 9.61. The Morgan fingerprint density at radius 1 is 1.20 bits per heavy atom. The van der Waals surface area contributed by atoms with Crippen LogP contribution >= 0.6 is 0 Å². The summed E-state index contributed by atoms with van der Waals surface area (Å²) in [6.07, 6.45) is 3.47. The average Bonchev–Trinajstić information content (AvgIpc) is 3.11. The van der Waals surface area contributed by atoms with Gasteiger partial charge in [-0.25, -0.2) is 4.98 Å². The first kappa shape index (κ1) is 21.3. The number of rotatable bonds is 4. The maximum Gasteiger partial charge on any atom is 0.314 e. The molecule has 3 fully saturated rings. The van der Waals surface area contributed by atoms with E-state index in [0.717, 1.165) is 52.0 Å². The van der Waals surface area contributed by atoms with Crippen LogP contribution < -0.4 is 0 Å². The van der Waals surface area contributed by atoms with Gasteiger partial charge >= 0.3 is 5.97 Å². The van der Waals surface area contributed by atoms with Gasteiger partial charge in [-0.05, 0) is 45.4 Å². The molecule has 1 aromatic rings. The number of morpholine rings is 1. The molecule has 3 atom stereocenters. The fourth-order valence-electron chi connectivity index (χ4n) is 5.56. The molecule has 1 aromatic heterocycles. The summed E-state index contributed by atoms with van der Waals surface area (Å²) in [5.74, 6) is 0.660. The molecule has 0 aromatic carbocycles. The predicted molar refractivity (Wildman–Crippen MR) is 109 cm³/mol. The summed E-state index contributed by atoms with van der Waals surface area (Å²) in [5, 5.41) is 0. The average molecular weight is 420 g/mol. The molecule has 30 heavy (non-hydrogen) atoms. The molecule has 1 saturated carbocycles. The Bertz CT molecular complexity index is 788. The summed E-state index contributed by atoms with van der Waals surface area (Å²) in [5.41, 5.74) is -0.0313. The minimum absolute atomic E-state index is 0.154. The number of esters is 1. The van der Waals surface area contributed by atoms with Crippen LogP contribution in [0.2, 0.25) is 0 Å². The quantitative estimate of drug-likeness (QED) is 0.692. The zero-order valence-electron chi connectivity index (χ0n) is 18.3. The molecule has 1 aliphatic carbocycles. The third kappa shape index (κ3) is 3.87. The van der Waals surface area contributed by atoms with Gasteiger partial charge in [0.1, 0.15) is 0 Å². The van der Waals surface area contributed by atoms with Crippen LogP contribution in [0.15, 0.2) is 4.42 Å². The molecule has 4 rings (SSSR count). The third-order valence-corrected chi connectivity index (χ3v) is 7.11. The molecule has 0 unspecified atom stereocenters. The largest absolute Gasteiger partial charge is 0.466 e. The highest BCUT2D eigenvalue weighted by Crippen LogP contribution is 2.48. The maximum atomic E-state index is 13.2. The SMILES string of the molecule is CCOC(=O)[C@@]12CC[C@@H](N3CCOCC3)C[C@H]1CCN(C(=O)c1oc(C)nc1C)C2. The van der Waals surface area contributed by atoms with Gasteiger partial charge in [0.15, 0.2) is 5.89 Å². The van der Waals surface area contributed by atoms with Crippen LogP contribution in [0.1, 0.15) is 54.7 Å². The normalized spacial score (nSPS) is 30.0. The first-order chi connectivity index (χ1) is 14.4. The van der Waals surface area contributed by atoms with Crippen molar-refractivity contribution in [2.45, 2.75) is 52.5 Å². The Kier molecular flexibility index (Phi) is 6.16. The second-order valence-electron chi connectivity index (χ2n) is 8.81. The molecule has 2 saturated heterocycles. The molecule has 8 heteroatoms. The number of carbonyl (C=O) groups is 2. The molecule has 0 bridgehead atoms. The van der Waals surface area contributed by atoms with Crippen molar-refractivity contribution in [1.82, 2.24) is 14.8 Å². The first-order valence-electron chi connectivity index (χ1n) is 11.2. The summed E-state index contributed by atoms with van der Waals surface area (Å²) in [6.45, 7) is 10.2. The topological polar surface area (TPSA) is 85.1 Å². The highest BCUT2D eigenvalue weighted by molar-refractivity contribution is 5.93. The van der Waals surface area contributed by atoms with Gasteiger partial charge < -0.3 is 18.8 Å². The molecule has 0 N–H and O–H groups in total. The van der Waals surface area contributed by atoms with Crippen molar-refractivity contribution in [3.8, 4) is 0 Å². The van der Waals surface area contributed by atoms with Crippen molar-refractivity contribution in [3.63, 3.8) is 0 Å². The minimum Gasteiger partial charge on any atom is -0.466 e. The van der Waals surface area contributed by atoms with Gasteiger partial charge in [-0.3, -0.25) is 14.5 Å². The molecule has 1 amide bonds. The highest BCUT2D eigenvalue weighted by atomic mass is 16.5. The highest BCUT2D eigenvalue weighted by Gasteiger charge is 2.54. The number of piperidine rings is 1. The van der Waals surface area contributed by atoms with Crippen molar-refractivity contribution in [3.05, 3.63) is 17.3 Å². The van der Waals surface area contributed by atoms with Crippen LogP contribution in [0.3, 0.4) is 0 Å². The lowest BCUT2D eigenvalue weighted by Gasteiger charge is -2.52. The van der Waals surface area contributed by atoms with E-state index >= 15 is 0 Å². The van der Waals surface area contributed by atoms with Gasteiger partial charge in [0, 0.05) is 39.1 Å². The van der Waals surface area contributed by atoms with E-state index < -0.39 is 5.41 Å². The summed E-state index contributed by atoms with van der Waals surface area (Å²) in [7, 11) is 0. The van der Waals surface area contributed by atoms with Gasteiger partial charge in [-0.15, -0.1) is 0 Å². The number of carbonyl (C=O) groups excluding carboxylic acids is 2. The monoisotopic (exact) mass is 419 g/mol. The smallest absolute Gasteiger partial charge is 0.314 e. The zero-order chi connectivity index (χ0) is 21.3. The van der Waals surface area contributed by atoms with E-state index in [1.54, 1.807) is 18.7 Å². The summed E-state index contributed by atoms with van der Waals surface area (Å²) >= 11 is 0. The number of fused-ring (bicyclic) bond motifs is 1. The van der Waals surface area contributed by atoms with Gasteiger partial charge in [0.05, 0.1) is 30.9 Å². The maximum absolute atomic E-state index is 13.2. The number of nitrogens with zero attached hydrogens (tertiary/aromatic N) is 3. The molecule has 8 nitrogen and oxygen atoms in total. The predicted octanol–water partition coefficient (Wildman–Crippen LogP) is 2.19. The molecular formula is C22H33N3O5. The molecule has 3 heterocycles. The van der Waals surface area contributed by atoms with Crippen molar-refractivity contribution in [1.29, 1.82) is 0 Å². The van der Waals surface area contributed by atoms with Gasteiger partial charge in [0.25, 0.3) is 5.91 Å². The Balaban J connectivity index is 1.54. The van der Waals surface area contributed by atoms with Crippen LogP contribution in [-0.4, -0.2) is 78.7 Å². The molecule has 2 aliphatic heterocycles. The fourth-order valence-corrected chi connectivity index (χ4v) is 5.56. The Hall–Kier alpha value is -1.93. The number of aromatic nitrogens is 1. The van der Waals surface area contributed by atoms with Crippen LogP contribution in [-0.2, 0) is 14.3 Å². The van der Waals surface area contributed by atoms with Gasteiger partial charge in [0.2, 0.25) is 5.76 Å². The Morgan fingerprint density at radius 3 is 2.63 bits per heavy atom. The van der Waals surface area contributed by atoms with E-state index in [1.165, 1.54) is 0 Å². The second-order valence-corrected chi connectivity index (χ2v) is 8.81. The van der Waals surface area contributed by atoms with Crippen molar-refractivity contribution >= 4 is 11.9 Å². The fraction of sp³-hybridized carbons (Fsp3) is 0.773. The third-order valence-electron chi connectivity index (χ3n) is 7.11.